The SMILES string of the molecule is COc1ccc(C(=O)/C(=C2/C(C(=O)c3ccccc3)=Cc3ccccc32)c2ccccc2)cc1. The number of Topliss-reactive ketones (excluding diaryl/α,β-unsaturated/α-hetero) is 2. The predicted octanol–water partition coefficient (Wildman–Crippen LogP) is 6.77. The topological polar surface area (TPSA) is 43.4 Å². The van der Waals surface area contributed by atoms with Crippen molar-refractivity contribution in [2.45, 2.75) is 0 Å². The van der Waals surface area contributed by atoms with Gasteiger partial charge < -0.3 is 4.74 Å². The zero-order valence-corrected chi connectivity index (χ0v) is 18.7. The molecule has 0 radical (unpaired) electrons. The minimum Gasteiger partial charge on any atom is -0.497 e. The van der Waals surface area contributed by atoms with Crippen LogP contribution in [0.25, 0.3) is 17.2 Å². The van der Waals surface area contributed by atoms with Gasteiger partial charge in [0.25, 0.3) is 0 Å². The van der Waals surface area contributed by atoms with Gasteiger partial charge in [-0.3, -0.25) is 9.59 Å². The van der Waals surface area contributed by atoms with E-state index in [1.54, 1.807) is 43.5 Å². The Morgan fingerprint density at radius 2 is 1.21 bits per heavy atom. The summed E-state index contributed by atoms with van der Waals surface area (Å²) in [6.07, 6.45) is 1.89. The molecular formula is C31H22O3. The molecule has 0 aliphatic heterocycles. The third-order valence-electron chi connectivity index (χ3n) is 5.97. The highest BCUT2D eigenvalue weighted by atomic mass is 16.5. The standard InChI is InChI=1S/C31H22O3/c1-34-25-18-16-23(17-19-25)31(33)28(21-10-4-2-5-11-21)29-26-15-9-8-14-24(26)20-27(29)30(32)22-12-6-3-7-13-22/h2-20H,1H3/b29-28+. The van der Waals surface area contributed by atoms with Crippen LogP contribution >= 0.6 is 0 Å². The molecule has 0 saturated heterocycles. The van der Waals surface area contributed by atoms with Gasteiger partial charge in [-0.05, 0) is 47.0 Å². The maximum absolute atomic E-state index is 14.0. The van der Waals surface area contributed by atoms with Crippen molar-refractivity contribution in [1.82, 2.24) is 0 Å². The number of methoxy groups -OCH3 is 1. The van der Waals surface area contributed by atoms with Gasteiger partial charge in [0.05, 0.1) is 7.11 Å². The van der Waals surface area contributed by atoms with E-state index in [1.165, 1.54) is 0 Å². The fourth-order valence-corrected chi connectivity index (χ4v) is 4.30. The summed E-state index contributed by atoms with van der Waals surface area (Å²) in [6.45, 7) is 0. The van der Waals surface area contributed by atoms with E-state index in [0.29, 0.717) is 33.6 Å². The number of fused-ring (bicyclic) bond motifs is 1. The Morgan fingerprint density at radius 3 is 1.85 bits per heavy atom. The molecule has 0 saturated carbocycles. The van der Waals surface area contributed by atoms with Gasteiger partial charge >= 0.3 is 0 Å². The molecule has 4 aromatic rings. The molecule has 34 heavy (non-hydrogen) atoms. The van der Waals surface area contributed by atoms with Crippen molar-refractivity contribution in [3.8, 4) is 5.75 Å². The van der Waals surface area contributed by atoms with Crippen molar-refractivity contribution in [1.29, 1.82) is 0 Å². The van der Waals surface area contributed by atoms with E-state index in [0.717, 1.165) is 16.7 Å². The molecule has 0 heterocycles. The van der Waals surface area contributed by atoms with Crippen LogP contribution in [0.4, 0.5) is 0 Å². The van der Waals surface area contributed by atoms with Gasteiger partial charge in [-0.15, -0.1) is 0 Å². The predicted molar refractivity (Wildman–Crippen MR) is 136 cm³/mol. The Hall–Kier alpha value is -4.50. The summed E-state index contributed by atoms with van der Waals surface area (Å²) in [5.74, 6) is 0.423. The Balaban J connectivity index is 1.76. The Labute approximate surface area is 198 Å². The molecule has 1 aliphatic rings. The van der Waals surface area contributed by atoms with Gasteiger partial charge in [0.2, 0.25) is 0 Å². The number of carbonyl (C=O) groups excluding carboxylic acids is 2. The number of ether oxygens (including phenoxy) is 1. The lowest BCUT2D eigenvalue weighted by Gasteiger charge is -2.16. The second kappa shape index (κ2) is 9.16. The van der Waals surface area contributed by atoms with E-state index < -0.39 is 0 Å². The molecule has 0 atom stereocenters. The zero-order valence-electron chi connectivity index (χ0n) is 18.7. The van der Waals surface area contributed by atoms with Gasteiger partial charge in [0.1, 0.15) is 5.75 Å². The third-order valence-corrected chi connectivity index (χ3v) is 5.97. The first-order valence-corrected chi connectivity index (χ1v) is 11.1. The number of benzene rings is 4. The first-order chi connectivity index (χ1) is 16.7. The van der Waals surface area contributed by atoms with Crippen LogP contribution in [0.5, 0.6) is 5.75 Å². The second-order valence-corrected chi connectivity index (χ2v) is 8.01. The molecular weight excluding hydrogens is 420 g/mol. The highest BCUT2D eigenvalue weighted by molar-refractivity contribution is 6.41. The monoisotopic (exact) mass is 442 g/mol. The first-order valence-electron chi connectivity index (χ1n) is 11.1. The highest BCUT2D eigenvalue weighted by Gasteiger charge is 2.31. The maximum Gasteiger partial charge on any atom is 0.194 e. The van der Waals surface area contributed by atoms with Gasteiger partial charge in [0, 0.05) is 27.8 Å². The number of hydrogen-bond acceptors (Lipinski definition) is 3. The average molecular weight is 443 g/mol. The fourth-order valence-electron chi connectivity index (χ4n) is 4.30. The number of carbonyl (C=O) groups is 2. The number of rotatable bonds is 6. The van der Waals surface area contributed by atoms with Crippen LogP contribution in [0.15, 0.2) is 115 Å². The highest BCUT2D eigenvalue weighted by Crippen LogP contribution is 2.43. The van der Waals surface area contributed by atoms with Crippen molar-refractivity contribution in [3.63, 3.8) is 0 Å². The lowest BCUT2D eigenvalue weighted by Crippen LogP contribution is -2.10. The Kier molecular flexibility index (Phi) is 5.75. The second-order valence-electron chi connectivity index (χ2n) is 8.01. The molecule has 0 aromatic heterocycles. The van der Waals surface area contributed by atoms with Crippen LogP contribution in [0.2, 0.25) is 0 Å². The average Bonchev–Trinajstić information content (AvgIpc) is 3.29. The first kappa shape index (κ1) is 21.4. The molecule has 5 rings (SSSR count). The van der Waals surface area contributed by atoms with Crippen molar-refractivity contribution in [2.75, 3.05) is 7.11 Å². The molecule has 0 bridgehead atoms. The Morgan fingerprint density at radius 1 is 0.618 bits per heavy atom. The van der Waals surface area contributed by atoms with Crippen molar-refractivity contribution >= 4 is 28.8 Å². The van der Waals surface area contributed by atoms with Gasteiger partial charge in [-0.2, -0.15) is 0 Å². The largest absolute Gasteiger partial charge is 0.497 e. The molecule has 1 aliphatic carbocycles. The molecule has 0 fully saturated rings. The molecule has 0 N–H and O–H groups in total. The molecule has 164 valence electrons. The smallest absolute Gasteiger partial charge is 0.194 e. The van der Waals surface area contributed by atoms with Crippen LogP contribution in [0.3, 0.4) is 0 Å². The van der Waals surface area contributed by atoms with E-state index in [2.05, 4.69) is 0 Å². The summed E-state index contributed by atoms with van der Waals surface area (Å²) < 4.78 is 5.26. The molecule has 3 nitrogen and oxygen atoms in total. The summed E-state index contributed by atoms with van der Waals surface area (Å²) in [5, 5.41) is 0. The van der Waals surface area contributed by atoms with Crippen LogP contribution in [-0.4, -0.2) is 18.7 Å². The minimum absolute atomic E-state index is 0.109. The lowest BCUT2D eigenvalue weighted by atomic mass is 9.85. The molecule has 0 spiro atoms. The van der Waals surface area contributed by atoms with E-state index in [4.69, 9.17) is 4.74 Å². The van der Waals surface area contributed by atoms with E-state index in [1.807, 2.05) is 78.9 Å². The number of allylic oxidation sites excluding steroid dienone is 3. The lowest BCUT2D eigenvalue weighted by molar-refractivity contribution is 0.104. The Bertz CT molecular complexity index is 1430. The molecule has 4 aromatic carbocycles. The van der Waals surface area contributed by atoms with Gasteiger partial charge in [-0.1, -0.05) is 84.9 Å². The molecule has 3 heteroatoms. The van der Waals surface area contributed by atoms with E-state index in [9.17, 15) is 9.59 Å². The molecule has 0 unspecified atom stereocenters. The normalized spacial score (nSPS) is 13.6. The van der Waals surface area contributed by atoms with Crippen LogP contribution in [0.1, 0.15) is 37.4 Å². The van der Waals surface area contributed by atoms with Gasteiger partial charge in [-0.25, -0.2) is 0 Å². The fraction of sp³-hybridized carbons (Fsp3) is 0.0323. The quantitative estimate of drug-likeness (QED) is 0.244. The van der Waals surface area contributed by atoms with Crippen molar-refractivity contribution in [3.05, 3.63) is 143 Å². The molecule has 0 amide bonds. The van der Waals surface area contributed by atoms with Crippen molar-refractivity contribution < 1.29 is 14.3 Å². The van der Waals surface area contributed by atoms with Crippen LogP contribution < -0.4 is 4.74 Å². The van der Waals surface area contributed by atoms with E-state index >= 15 is 0 Å². The van der Waals surface area contributed by atoms with Crippen molar-refractivity contribution in [2.24, 2.45) is 0 Å². The third kappa shape index (κ3) is 3.89. The van der Waals surface area contributed by atoms with Crippen LogP contribution in [-0.2, 0) is 0 Å². The summed E-state index contributed by atoms with van der Waals surface area (Å²) in [7, 11) is 1.59. The summed E-state index contributed by atoms with van der Waals surface area (Å²) in [5.41, 5.74) is 5.37. The number of ketones is 2. The minimum atomic E-state index is -0.146. The zero-order chi connectivity index (χ0) is 23.5. The maximum atomic E-state index is 14.0. The number of hydrogen-bond donors (Lipinski definition) is 0. The summed E-state index contributed by atoms with van der Waals surface area (Å²) in [6, 6.07) is 33.6. The van der Waals surface area contributed by atoms with E-state index in [-0.39, 0.29) is 11.6 Å². The summed E-state index contributed by atoms with van der Waals surface area (Å²) >= 11 is 0. The van der Waals surface area contributed by atoms with Crippen LogP contribution in [0, 0.1) is 0 Å². The van der Waals surface area contributed by atoms with Gasteiger partial charge in [0.15, 0.2) is 11.6 Å². The summed E-state index contributed by atoms with van der Waals surface area (Å²) in [4.78, 5) is 27.7.